The minimum Gasteiger partial charge on any atom is -0.462 e. The summed E-state index contributed by atoms with van der Waals surface area (Å²) in [6, 6.07) is 10.9. The molecule has 1 N–H and O–H groups in total. The first kappa shape index (κ1) is 20.8. The van der Waals surface area contributed by atoms with Gasteiger partial charge in [-0.05, 0) is 64.2 Å². The van der Waals surface area contributed by atoms with Crippen molar-refractivity contribution in [3.05, 3.63) is 58.7 Å². The molecule has 2 atom stereocenters. The Bertz CT molecular complexity index is 1010. The fourth-order valence-electron chi connectivity index (χ4n) is 4.16. The van der Waals surface area contributed by atoms with Crippen molar-refractivity contribution in [3.8, 4) is 22.4 Å². The monoisotopic (exact) mass is 427 g/mol. The molecule has 0 saturated carbocycles. The van der Waals surface area contributed by atoms with Gasteiger partial charge in [0.1, 0.15) is 11.9 Å². The van der Waals surface area contributed by atoms with E-state index in [2.05, 4.69) is 41.3 Å². The van der Waals surface area contributed by atoms with Crippen LogP contribution in [-0.2, 0) is 16.1 Å². The molecule has 1 aromatic carbocycles. The SMILES string of the molecule is CC(C)c1cc(-c2ccsc2)c(-c2ccc(F)cc2)n1CC[C@H]1C[C@H](O)CC(=O)O1. The highest BCUT2D eigenvalue weighted by atomic mass is 32.1. The lowest BCUT2D eigenvalue weighted by molar-refractivity contribution is -0.160. The van der Waals surface area contributed by atoms with Gasteiger partial charge in [0.2, 0.25) is 0 Å². The van der Waals surface area contributed by atoms with E-state index >= 15 is 0 Å². The fourth-order valence-corrected chi connectivity index (χ4v) is 4.81. The van der Waals surface area contributed by atoms with Crippen molar-refractivity contribution in [2.75, 3.05) is 0 Å². The minimum atomic E-state index is -0.636. The van der Waals surface area contributed by atoms with Crippen molar-refractivity contribution < 1.29 is 19.0 Å². The van der Waals surface area contributed by atoms with Gasteiger partial charge < -0.3 is 14.4 Å². The molecule has 0 unspecified atom stereocenters. The summed E-state index contributed by atoms with van der Waals surface area (Å²) in [6.07, 6.45) is 0.222. The Balaban J connectivity index is 1.75. The predicted octanol–water partition coefficient (Wildman–Crippen LogP) is 5.60. The molecule has 6 heteroatoms. The Morgan fingerprint density at radius 3 is 2.63 bits per heavy atom. The van der Waals surface area contributed by atoms with Gasteiger partial charge in [0, 0.05) is 30.6 Å². The Labute approximate surface area is 179 Å². The van der Waals surface area contributed by atoms with Crippen LogP contribution < -0.4 is 0 Å². The molecule has 2 aromatic heterocycles. The van der Waals surface area contributed by atoms with E-state index in [-0.39, 0.29) is 30.2 Å². The van der Waals surface area contributed by atoms with Crippen LogP contribution in [-0.4, -0.2) is 27.9 Å². The number of thiophene rings is 1. The maximum absolute atomic E-state index is 13.6. The van der Waals surface area contributed by atoms with E-state index in [1.165, 1.54) is 17.8 Å². The van der Waals surface area contributed by atoms with Crippen LogP contribution in [0.5, 0.6) is 0 Å². The number of cyclic esters (lactones) is 1. The standard InChI is InChI=1S/C24H26FNO3S/c1-15(2)22-13-21(17-8-10-30-14-17)24(16-3-5-18(25)6-4-16)26(22)9-7-20-11-19(27)12-23(28)29-20/h3-6,8,10,13-15,19-20,27H,7,9,11-12H2,1-2H3/t19-,20-/m0/s1. The van der Waals surface area contributed by atoms with Crippen LogP contribution in [0.25, 0.3) is 22.4 Å². The highest BCUT2D eigenvalue weighted by Crippen LogP contribution is 2.39. The highest BCUT2D eigenvalue weighted by molar-refractivity contribution is 7.08. The lowest BCUT2D eigenvalue weighted by Crippen LogP contribution is -2.33. The van der Waals surface area contributed by atoms with Crippen LogP contribution in [0.4, 0.5) is 4.39 Å². The number of carbonyl (C=O) groups excluding carboxylic acids is 1. The molecule has 4 nitrogen and oxygen atoms in total. The second kappa shape index (κ2) is 8.74. The van der Waals surface area contributed by atoms with Crippen molar-refractivity contribution >= 4 is 17.3 Å². The van der Waals surface area contributed by atoms with Gasteiger partial charge in [-0.2, -0.15) is 11.3 Å². The number of hydrogen-bond acceptors (Lipinski definition) is 4. The Kier molecular flexibility index (Phi) is 6.06. The summed E-state index contributed by atoms with van der Waals surface area (Å²) >= 11 is 1.65. The third kappa shape index (κ3) is 4.35. The molecule has 1 aliphatic heterocycles. The Morgan fingerprint density at radius 2 is 2.00 bits per heavy atom. The number of hydrogen-bond donors (Lipinski definition) is 1. The van der Waals surface area contributed by atoms with Gasteiger partial charge in [-0.25, -0.2) is 4.39 Å². The first-order valence-electron chi connectivity index (χ1n) is 10.3. The molecule has 1 fully saturated rings. The lowest BCUT2D eigenvalue weighted by atomic mass is 10.0. The lowest BCUT2D eigenvalue weighted by Gasteiger charge is -2.27. The van der Waals surface area contributed by atoms with E-state index in [1.54, 1.807) is 11.3 Å². The number of carbonyl (C=O) groups is 1. The molecule has 0 aliphatic carbocycles. The van der Waals surface area contributed by atoms with E-state index in [4.69, 9.17) is 4.74 Å². The summed E-state index contributed by atoms with van der Waals surface area (Å²) in [5, 5.41) is 14.1. The summed E-state index contributed by atoms with van der Waals surface area (Å²) in [6.45, 7) is 4.96. The van der Waals surface area contributed by atoms with Crippen LogP contribution in [0.3, 0.4) is 0 Å². The summed E-state index contributed by atoms with van der Waals surface area (Å²) in [5.41, 5.74) is 5.43. The zero-order chi connectivity index (χ0) is 21.3. The molecular formula is C24H26FNO3S. The number of rotatable bonds is 6. The molecule has 0 bridgehead atoms. The normalized spacial score (nSPS) is 19.3. The largest absolute Gasteiger partial charge is 0.462 e. The number of ether oxygens (including phenoxy) is 1. The number of benzene rings is 1. The smallest absolute Gasteiger partial charge is 0.308 e. The average molecular weight is 428 g/mol. The first-order valence-corrected chi connectivity index (χ1v) is 11.3. The van der Waals surface area contributed by atoms with Crippen molar-refractivity contribution in [1.29, 1.82) is 0 Å². The number of aromatic nitrogens is 1. The summed E-state index contributed by atoms with van der Waals surface area (Å²) in [7, 11) is 0. The third-order valence-electron chi connectivity index (χ3n) is 5.58. The summed E-state index contributed by atoms with van der Waals surface area (Å²) < 4.78 is 21.3. The maximum atomic E-state index is 13.6. The minimum absolute atomic E-state index is 0.0698. The molecular weight excluding hydrogens is 401 g/mol. The van der Waals surface area contributed by atoms with Gasteiger partial charge >= 0.3 is 5.97 Å². The highest BCUT2D eigenvalue weighted by Gasteiger charge is 2.28. The molecule has 1 aliphatic rings. The van der Waals surface area contributed by atoms with Crippen LogP contribution in [0, 0.1) is 5.82 Å². The van der Waals surface area contributed by atoms with Gasteiger partial charge in [0.15, 0.2) is 0 Å². The number of nitrogens with zero attached hydrogens (tertiary/aromatic N) is 1. The second-order valence-corrected chi connectivity index (χ2v) is 8.93. The molecule has 1 saturated heterocycles. The zero-order valence-corrected chi connectivity index (χ0v) is 18.0. The first-order chi connectivity index (χ1) is 14.4. The number of halogens is 1. The van der Waals surface area contributed by atoms with Crippen molar-refractivity contribution in [2.45, 2.75) is 57.8 Å². The quantitative estimate of drug-likeness (QED) is 0.521. The molecule has 0 amide bonds. The van der Waals surface area contributed by atoms with Crippen molar-refractivity contribution in [2.24, 2.45) is 0 Å². The Hall–Kier alpha value is -2.44. The third-order valence-corrected chi connectivity index (χ3v) is 6.26. The van der Waals surface area contributed by atoms with Gasteiger partial charge in [-0.15, -0.1) is 0 Å². The zero-order valence-electron chi connectivity index (χ0n) is 17.2. The number of aliphatic hydroxyl groups excluding tert-OH is 1. The second-order valence-electron chi connectivity index (χ2n) is 8.15. The predicted molar refractivity (Wildman–Crippen MR) is 117 cm³/mol. The van der Waals surface area contributed by atoms with E-state index < -0.39 is 6.10 Å². The van der Waals surface area contributed by atoms with Crippen LogP contribution in [0.2, 0.25) is 0 Å². The summed E-state index contributed by atoms with van der Waals surface area (Å²) in [4.78, 5) is 11.7. The molecule has 4 rings (SSSR count). The van der Waals surface area contributed by atoms with Gasteiger partial charge in [0.05, 0.1) is 18.2 Å². The fraction of sp³-hybridized carbons (Fsp3) is 0.375. The van der Waals surface area contributed by atoms with Crippen LogP contribution in [0.15, 0.2) is 47.2 Å². The van der Waals surface area contributed by atoms with Crippen LogP contribution in [0.1, 0.15) is 44.7 Å². The topological polar surface area (TPSA) is 51.5 Å². The van der Waals surface area contributed by atoms with Gasteiger partial charge in [0.25, 0.3) is 0 Å². The molecule has 3 heterocycles. The molecule has 30 heavy (non-hydrogen) atoms. The summed E-state index contributed by atoms with van der Waals surface area (Å²) in [5.74, 6) is -0.315. The number of esters is 1. The van der Waals surface area contributed by atoms with E-state index in [1.807, 2.05) is 12.1 Å². The van der Waals surface area contributed by atoms with Gasteiger partial charge in [-0.1, -0.05) is 13.8 Å². The average Bonchev–Trinajstić information content (AvgIpc) is 3.34. The number of aliphatic hydroxyl groups is 1. The van der Waals surface area contributed by atoms with E-state index in [0.29, 0.717) is 19.4 Å². The molecule has 3 aromatic rings. The van der Waals surface area contributed by atoms with Crippen molar-refractivity contribution in [3.63, 3.8) is 0 Å². The van der Waals surface area contributed by atoms with Crippen molar-refractivity contribution in [1.82, 2.24) is 4.57 Å². The maximum Gasteiger partial charge on any atom is 0.308 e. The van der Waals surface area contributed by atoms with E-state index in [9.17, 15) is 14.3 Å². The Morgan fingerprint density at radius 1 is 1.23 bits per heavy atom. The molecule has 0 spiro atoms. The molecule has 158 valence electrons. The van der Waals surface area contributed by atoms with Gasteiger partial charge in [-0.3, -0.25) is 4.79 Å². The van der Waals surface area contributed by atoms with E-state index in [0.717, 1.165) is 22.4 Å². The molecule has 0 radical (unpaired) electrons. The van der Waals surface area contributed by atoms with Crippen LogP contribution >= 0.6 is 11.3 Å².